The molecule has 0 saturated heterocycles. The molecule has 1 heterocycles. The Morgan fingerprint density at radius 3 is 2.41 bits per heavy atom. The van der Waals surface area contributed by atoms with Crippen molar-refractivity contribution in [1.29, 1.82) is 0 Å². The summed E-state index contributed by atoms with van der Waals surface area (Å²) in [5, 5.41) is 3.40. The number of hydrogen-bond donors (Lipinski definition) is 1. The molecule has 0 fully saturated rings. The first-order valence-electron chi connectivity index (χ1n) is 10.8. The molecule has 2 aromatic rings. The summed E-state index contributed by atoms with van der Waals surface area (Å²) in [6.45, 7) is 3.33. The summed E-state index contributed by atoms with van der Waals surface area (Å²) in [4.78, 5) is 40.2. The van der Waals surface area contributed by atoms with Gasteiger partial charge in [-0.3, -0.25) is 14.4 Å². The minimum Gasteiger partial charge on any atom is -0.354 e. The van der Waals surface area contributed by atoms with Crippen LogP contribution in [0.5, 0.6) is 0 Å². The zero-order valence-corrected chi connectivity index (χ0v) is 21.1. The highest BCUT2D eigenvalue weighted by atomic mass is 35.5. The SMILES string of the molecule is CCCNC(=O)[C@@H](CC)N(Cc1ccc(Cl)c(Cl)c1)C(=O)CN1C(=O)c2ccccc2S1(=O)=O. The van der Waals surface area contributed by atoms with Crippen molar-refractivity contribution in [3.63, 3.8) is 0 Å². The Morgan fingerprint density at radius 1 is 1.09 bits per heavy atom. The van der Waals surface area contributed by atoms with Gasteiger partial charge in [-0.1, -0.05) is 55.2 Å². The minimum absolute atomic E-state index is 0.0130. The highest BCUT2D eigenvalue weighted by molar-refractivity contribution is 7.90. The summed E-state index contributed by atoms with van der Waals surface area (Å²) in [6, 6.07) is 9.73. The Kier molecular flexibility index (Phi) is 8.22. The van der Waals surface area contributed by atoms with Gasteiger partial charge < -0.3 is 10.2 Å². The fraction of sp³-hybridized carbons (Fsp3) is 0.348. The third kappa shape index (κ3) is 5.21. The third-order valence-corrected chi connectivity index (χ3v) is 7.99. The van der Waals surface area contributed by atoms with Crippen LogP contribution in [0.4, 0.5) is 0 Å². The molecule has 0 saturated carbocycles. The van der Waals surface area contributed by atoms with E-state index in [1.54, 1.807) is 31.2 Å². The average molecular weight is 526 g/mol. The lowest BCUT2D eigenvalue weighted by Crippen LogP contribution is -2.52. The molecule has 182 valence electrons. The van der Waals surface area contributed by atoms with Gasteiger partial charge in [0.2, 0.25) is 11.8 Å². The lowest BCUT2D eigenvalue weighted by atomic mass is 10.1. The minimum atomic E-state index is -4.18. The van der Waals surface area contributed by atoms with Gasteiger partial charge in [-0.2, -0.15) is 0 Å². The fourth-order valence-corrected chi connectivity index (χ4v) is 5.56. The fourth-order valence-electron chi connectivity index (χ4n) is 3.72. The van der Waals surface area contributed by atoms with Crippen molar-refractivity contribution in [2.75, 3.05) is 13.1 Å². The number of benzene rings is 2. The van der Waals surface area contributed by atoms with Gasteiger partial charge in [0.25, 0.3) is 15.9 Å². The summed E-state index contributed by atoms with van der Waals surface area (Å²) in [5.74, 6) is -1.83. The van der Waals surface area contributed by atoms with E-state index in [0.29, 0.717) is 27.9 Å². The van der Waals surface area contributed by atoms with Crippen molar-refractivity contribution in [3.8, 4) is 0 Å². The van der Waals surface area contributed by atoms with Gasteiger partial charge in [-0.25, -0.2) is 12.7 Å². The summed E-state index contributed by atoms with van der Waals surface area (Å²) in [7, 11) is -4.18. The molecule has 0 aliphatic carbocycles. The molecule has 1 aliphatic rings. The normalized spacial score (nSPS) is 15.1. The number of sulfonamides is 1. The van der Waals surface area contributed by atoms with Crippen LogP contribution in [0.3, 0.4) is 0 Å². The molecule has 0 radical (unpaired) electrons. The Balaban J connectivity index is 1.93. The van der Waals surface area contributed by atoms with Crippen molar-refractivity contribution < 1.29 is 22.8 Å². The molecule has 0 aromatic heterocycles. The van der Waals surface area contributed by atoms with Crippen LogP contribution in [0.15, 0.2) is 47.4 Å². The number of rotatable bonds is 9. The van der Waals surface area contributed by atoms with E-state index in [1.807, 2.05) is 6.92 Å². The quantitative estimate of drug-likeness (QED) is 0.539. The van der Waals surface area contributed by atoms with E-state index in [1.165, 1.54) is 23.1 Å². The van der Waals surface area contributed by atoms with E-state index in [9.17, 15) is 22.8 Å². The molecule has 0 bridgehead atoms. The number of nitrogens with zero attached hydrogens (tertiary/aromatic N) is 2. The summed E-state index contributed by atoms with van der Waals surface area (Å²) >= 11 is 12.1. The molecule has 0 spiro atoms. The van der Waals surface area contributed by atoms with Gasteiger partial charge in [0.1, 0.15) is 17.5 Å². The van der Waals surface area contributed by atoms with Crippen LogP contribution >= 0.6 is 23.2 Å². The second kappa shape index (κ2) is 10.8. The van der Waals surface area contributed by atoms with Crippen LogP contribution in [0.1, 0.15) is 42.6 Å². The molecule has 1 aliphatic heterocycles. The van der Waals surface area contributed by atoms with Crippen molar-refractivity contribution in [2.45, 2.75) is 44.2 Å². The maximum atomic E-state index is 13.4. The number of carbonyl (C=O) groups is 3. The van der Waals surface area contributed by atoms with Gasteiger partial charge in [0.15, 0.2) is 0 Å². The molecule has 8 nitrogen and oxygen atoms in total. The number of halogens is 2. The van der Waals surface area contributed by atoms with Gasteiger partial charge in [-0.15, -0.1) is 0 Å². The lowest BCUT2D eigenvalue weighted by molar-refractivity contribution is -0.141. The average Bonchev–Trinajstić information content (AvgIpc) is 3.00. The first-order valence-corrected chi connectivity index (χ1v) is 13.0. The van der Waals surface area contributed by atoms with Crippen LogP contribution in [-0.4, -0.2) is 54.5 Å². The maximum Gasteiger partial charge on any atom is 0.269 e. The predicted molar refractivity (Wildman–Crippen MR) is 129 cm³/mol. The zero-order valence-electron chi connectivity index (χ0n) is 18.8. The van der Waals surface area contributed by atoms with E-state index in [4.69, 9.17) is 23.2 Å². The van der Waals surface area contributed by atoms with Crippen LogP contribution in [0.25, 0.3) is 0 Å². The Morgan fingerprint density at radius 2 is 1.79 bits per heavy atom. The van der Waals surface area contributed by atoms with Gasteiger partial charge in [0.05, 0.1) is 15.6 Å². The molecule has 34 heavy (non-hydrogen) atoms. The van der Waals surface area contributed by atoms with Gasteiger partial charge in [-0.05, 0) is 42.7 Å². The number of nitrogens with one attached hydrogen (secondary N) is 1. The largest absolute Gasteiger partial charge is 0.354 e. The molecule has 11 heteroatoms. The Hall–Kier alpha value is -2.62. The number of fused-ring (bicyclic) bond motifs is 1. The first kappa shape index (κ1) is 26.0. The van der Waals surface area contributed by atoms with E-state index in [2.05, 4.69) is 5.32 Å². The van der Waals surface area contributed by atoms with Crippen LogP contribution in [-0.2, 0) is 26.2 Å². The van der Waals surface area contributed by atoms with E-state index < -0.39 is 34.4 Å². The van der Waals surface area contributed by atoms with E-state index in [0.717, 1.165) is 0 Å². The van der Waals surface area contributed by atoms with Crippen molar-refractivity contribution in [3.05, 3.63) is 63.6 Å². The highest BCUT2D eigenvalue weighted by Gasteiger charge is 2.43. The highest BCUT2D eigenvalue weighted by Crippen LogP contribution is 2.30. The van der Waals surface area contributed by atoms with Gasteiger partial charge >= 0.3 is 0 Å². The molecule has 1 N–H and O–H groups in total. The molecule has 0 unspecified atom stereocenters. The first-order chi connectivity index (χ1) is 16.1. The predicted octanol–water partition coefficient (Wildman–Crippen LogP) is 3.47. The third-order valence-electron chi connectivity index (χ3n) is 5.46. The summed E-state index contributed by atoms with van der Waals surface area (Å²) < 4.78 is 26.4. The topological polar surface area (TPSA) is 104 Å². The van der Waals surface area contributed by atoms with E-state index in [-0.39, 0.29) is 34.4 Å². The number of hydrogen-bond acceptors (Lipinski definition) is 5. The molecule has 3 rings (SSSR count). The maximum absolute atomic E-state index is 13.4. The second-order valence-electron chi connectivity index (χ2n) is 7.80. The van der Waals surface area contributed by atoms with Crippen LogP contribution in [0.2, 0.25) is 10.0 Å². The standard InChI is InChI=1S/C23H25Cl2N3O5S/c1-3-11-26-22(30)19(4-2)27(13-15-9-10-17(24)18(25)12-15)21(29)14-28-23(31)16-7-5-6-8-20(16)34(28,32)33/h5-10,12,19H,3-4,11,13-14H2,1-2H3,(H,26,30)/t19-/m1/s1. The molecule has 1 atom stereocenters. The summed E-state index contributed by atoms with van der Waals surface area (Å²) in [6.07, 6.45) is 0.991. The van der Waals surface area contributed by atoms with Crippen LogP contribution < -0.4 is 5.32 Å². The van der Waals surface area contributed by atoms with E-state index >= 15 is 0 Å². The Labute approximate surface area is 208 Å². The molecular weight excluding hydrogens is 501 g/mol. The lowest BCUT2D eigenvalue weighted by Gasteiger charge is -2.31. The number of carbonyl (C=O) groups excluding carboxylic acids is 3. The number of amides is 3. The van der Waals surface area contributed by atoms with Crippen molar-refractivity contribution in [2.24, 2.45) is 0 Å². The molecule has 2 aromatic carbocycles. The molecular formula is C23H25Cl2N3O5S. The molecule has 3 amide bonds. The smallest absolute Gasteiger partial charge is 0.269 e. The summed E-state index contributed by atoms with van der Waals surface area (Å²) in [5.41, 5.74) is 0.613. The Bertz CT molecular complexity index is 1220. The van der Waals surface area contributed by atoms with Crippen LogP contribution in [0, 0.1) is 0 Å². The van der Waals surface area contributed by atoms with Crippen molar-refractivity contribution in [1.82, 2.24) is 14.5 Å². The monoisotopic (exact) mass is 525 g/mol. The zero-order chi connectivity index (χ0) is 25.0. The second-order valence-corrected chi connectivity index (χ2v) is 10.4. The van der Waals surface area contributed by atoms with Gasteiger partial charge in [0, 0.05) is 13.1 Å². The van der Waals surface area contributed by atoms with Crippen molar-refractivity contribution >= 4 is 50.9 Å².